The highest BCUT2D eigenvalue weighted by atomic mass is 32.1. The molecule has 200 valence electrons. The predicted octanol–water partition coefficient (Wildman–Crippen LogP) is 6.86. The minimum Gasteiger partial charge on any atom is -0.497 e. The zero-order valence-electron chi connectivity index (χ0n) is 22.1. The van der Waals surface area contributed by atoms with Gasteiger partial charge in [0.2, 0.25) is 0 Å². The van der Waals surface area contributed by atoms with Crippen LogP contribution in [-0.2, 0) is 0 Å². The van der Waals surface area contributed by atoms with Gasteiger partial charge in [-0.2, -0.15) is 0 Å². The summed E-state index contributed by atoms with van der Waals surface area (Å²) in [5.41, 5.74) is 3.92. The molecule has 1 N–H and O–H groups in total. The van der Waals surface area contributed by atoms with Crippen molar-refractivity contribution in [2.75, 3.05) is 19.1 Å². The van der Waals surface area contributed by atoms with Crippen LogP contribution in [0.5, 0.6) is 23.0 Å². The molecule has 1 saturated heterocycles. The SMILES string of the molecule is COc1ccc(Oc2ccc(N3C(=S)NC(c4ccccn4)C3c3cccn3-c3cccc(OC)c3)cc2)cc1. The van der Waals surface area contributed by atoms with Gasteiger partial charge < -0.3 is 29.0 Å². The Balaban J connectivity index is 1.37. The van der Waals surface area contributed by atoms with Crippen LogP contribution < -0.4 is 24.4 Å². The highest BCUT2D eigenvalue weighted by Gasteiger charge is 2.42. The van der Waals surface area contributed by atoms with Crippen molar-refractivity contribution >= 4 is 23.0 Å². The van der Waals surface area contributed by atoms with E-state index in [9.17, 15) is 0 Å². The fourth-order valence-corrected chi connectivity index (χ4v) is 5.36. The van der Waals surface area contributed by atoms with Crippen LogP contribution in [0.25, 0.3) is 5.69 Å². The van der Waals surface area contributed by atoms with E-state index in [4.69, 9.17) is 26.4 Å². The van der Waals surface area contributed by atoms with Gasteiger partial charge in [-0.25, -0.2) is 0 Å². The molecule has 7 nitrogen and oxygen atoms in total. The Morgan fingerprint density at radius 1 is 0.725 bits per heavy atom. The number of methoxy groups -OCH3 is 2. The number of benzene rings is 3. The molecule has 8 heteroatoms. The second kappa shape index (κ2) is 11.1. The van der Waals surface area contributed by atoms with E-state index in [0.29, 0.717) is 5.11 Å². The van der Waals surface area contributed by atoms with Gasteiger partial charge in [-0.1, -0.05) is 12.1 Å². The summed E-state index contributed by atoms with van der Waals surface area (Å²) in [6.07, 6.45) is 3.87. The lowest BCUT2D eigenvalue weighted by atomic mass is 10.0. The van der Waals surface area contributed by atoms with Crippen molar-refractivity contribution in [3.05, 3.63) is 127 Å². The normalized spacial score (nSPS) is 16.4. The zero-order valence-corrected chi connectivity index (χ0v) is 22.9. The lowest BCUT2D eigenvalue weighted by Gasteiger charge is -2.29. The van der Waals surface area contributed by atoms with Crippen molar-refractivity contribution in [3.8, 4) is 28.7 Å². The van der Waals surface area contributed by atoms with Gasteiger partial charge in [0.25, 0.3) is 0 Å². The number of hydrogen-bond donors (Lipinski definition) is 1. The number of ether oxygens (including phenoxy) is 3. The Morgan fingerprint density at radius 3 is 2.15 bits per heavy atom. The number of nitrogens with one attached hydrogen (secondary N) is 1. The van der Waals surface area contributed by atoms with E-state index in [1.807, 2.05) is 91.1 Å². The molecule has 5 aromatic rings. The van der Waals surface area contributed by atoms with E-state index < -0.39 is 0 Å². The monoisotopic (exact) mass is 548 g/mol. The van der Waals surface area contributed by atoms with Crippen molar-refractivity contribution in [2.45, 2.75) is 12.1 Å². The molecule has 6 rings (SSSR count). The van der Waals surface area contributed by atoms with Crippen LogP contribution in [0.3, 0.4) is 0 Å². The van der Waals surface area contributed by atoms with E-state index in [1.54, 1.807) is 14.2 Å². The molecule has 2 aromatic heterocycles. The molecule has 0 aliphatic carbocycles. The van der Waals surface area contributed by atoms with Crippen molar-refractivity contribution in [2.24, 2.45) is 0 Å². The van der Waals surface area contributed by atoms with E-state index in [2.05, 4.69) is 44.2 Å². The van der Waals surface area contributed by atoms with Crippen LogP contribution >= 0.6 is 12.2 Å². The summed E-state index contributed by atoms with van der Waals surface area (Å²) in [6.45, 7) is 0. The van der Waals surface area contributed by atoms with Crippen molar-refractivity contribution in [3.63, 3.8) is 0 Å². The zero-order chi connectivity index (χ0) is 27.5. The van der Waals surface area contributed by atoms with Crippen molar-refractivity contribution < 1.29 is 14.2 Å². The molecular formula is C32H28N4O3S. The molecule has 40 heavy (non-hydrogen) atoms. The lowest BCUT2D eigenvalue weighted by molar-refractivity contribution is 0.413. The number of anilines is 1. The quantitative estimate of drug-likeness (QED) is 0.213. The summed E-state index contributed by atoms with van der Waals surface area (Å²) in [6, 6.07) is 33.3. The molecule has 0 saturated carbocycles. The maximum absolute atomic E-state index is 6.06. The van der Waals surface area contributed by atoms with Crippen LogP contribution in [0.1, 0.15) is 23.5 Å². The third kappa shape index (κ3) is 4.97. The van der Waals surface area contributed by atoms with Crippen molar-refractivity contribution in [1.29, 1.82) is 0 Å². The molecule has 2 unspecified atom stereocenters. The van der Waals surface area contributed by atoms with Gasteiger partial charge in [-0.3, -0.25) is 4.98 Å². The number of pyridine rings is 1. The Kier molecular flexibility index (Phi) is 7.08. The van der Waals surface area contributed by atoms with Crippen molar-refractivity contribution in [1.82, 2.24) is 14.9 Å². The summed E-state index contributed by atoms with van der Waals surface area (Å²) in [5, 5.41) is 4.16. The average molecular weight is 549 g/mol. The first-order valence-electron chi connectivity index (χ1n) is 12.9. The Bertz CT molecular complexity index is 1600. The molecule has 0 radical (unpaired) electrons. The second-order valence-electron chi connectivity index (χ2n) is 9.27. The summed E-state index contributed by atoms with van der Waals surface area (Å²) in [5.74, 6) is 3.04. The molecule has 3 heterocycles. The minimum absolute atomic E-state index is 0.164. The van der Waals surface area contributed by atoms with Crippen LogP contribution in [0.4, 0.5) is 5.69 Å². The van der Waals surface area contributed by atoms with Gasteiger partial charge in [0.15, 0.2) is 5.11 Å². The molecular weight excluding hydrogens is 520 g/mol. The second-order valence-corrected chi connectivity index (χ2v) is 9.66. The number of nitrogens with zero attached hydrogens (tertiary/aromatic N) is 3. The maximum Gasteiger partial charge on any atom is 0.174 e. The number of aromatic nitrogens is 2. The van der Waals surface area contributed by atoms with Crippen LogP contribution in [0.15, 0.2) is 116 Å². The molecule has 1 fully saturated rings. The van der Waals surface area contributed by atoms with Gasteiger partial charge in [0.05, 0.1) is 26.0 Å². The minimum atomic E-state index is -0.169. The van der Waals surface area contributed by atoms with Crippen LogP contribution in [0, 0.1) is 0 Å². The molecule has 0 bridgehead atoms. The molecule has 3 aromatic carbocycles. The van der Waals surface area contributed by atoms with Gasteiger partial charge in [-0.15, -0.1) is 0 Å². The standard InChI is InChI=1S/C32H28N4O3S/c1-37-24-15-17-26(18-16-24)39-25-13-11-22(12-14-25)36-31(30(34-32(36)40)28-9-3-4-19-33-28)29-10-6-20-35(29)23-7-5-8-27(21-23)38-2/h3-21,30-31H,1-2H3,(H,34,40). The fourth-order valence-electron chi connectivity index (χ4n) is 5.02. The first kappa shape index (κ1) is 25.5. The van der Waals surface area contributed by atoms with E-state index >= 15 is 0 Å². The summed E-state index contributed by atoms with van der Waals surface area (Å²) >= 11 is 5.93. The molecule has 0 spiro atoms. The first-order valence-corrected chi connectivity index (χ1v) is 13.3. The largest absolute Gasteiger partial charge is 0.497 e. The highest BCUT2D eigenvalue weighted by Crippen LogP contribution is 2.43. The summed E-state index contributed by atoms with van der Waals surface area (Å²) in [4.78, 5) is 6.83. The topological polar surface area (TPSA) is 60.8 Å². The van der Waals surface area contributed by atoms with E-state index in [1.165, 1.54) is 0 Å². The number of rotatable bonds is 8. The Morgan fingerprint density at radius 2 is 1.45 bits per heavy atom. The van der Waals surface area contributed by atoms with Gasteiger partial charge in [0, 0.05) is 35.5 Å². The van der Waals surface area contributed by atoms with E-state index in [0.717, 1.165) is 45.8 Å². The third-order valence-corrected chi connectivity index (χ3v) is 7.24. The summed E-state index contributed by atoms with van der Waals surface area (Å²) in [7, 11) is 3.32. The Labute approximate surface area is 238 Å². The Hall–Kier alpha value is -4.82. The average Bonchev–Trinajstić information content (AvgIpc) is 3.63. The molecule has 1 aliphatic rings. The number of hydrogen-bond acceptors (Lipinski definition) is 5. The highest BCUT2D eigenvalue weighted by molar-refractivity contribution is 7.80. The van der Waals surface area contributed by atoms with Crippen LogP contribution in [-0.4, -0.2) is 28.9 Å². The molecule has 1 aliphatic heterocycles. The fraction of sp³-hybridized carbons (Fsp3) is 0.125. The third-order valence-electron chi connectivity index (χ3n) is 6.92. The predicted molar refractivity (Wildman–Crippen MR) is 160 cm³/mol. The molecule has 2 atom stereocenters. The van der Waals surface area contributed by atoms with E-state index in [-0.39, 0.29) is 12.1 Å². The van der Waals surface area contributed by atoms with Gasteiger partial charge in [0.1, 0.15) is 29.0 Å². The molecule has 0 amide bonds. The van der Waals surface area contributed by atoms with Gasteiger partial charge in [-0.05, 0) is 97.1 Å². The number of thiocarbonyl (C=S) groups is 1. The first-order chi connectivity index (χ1) is 19.6. The smallest absolute Gasteiger partial charge is 0.174 e. The van der Waals surface area contributed by atoms with Crippen LogP contribution in [0.2, 0.25) is 0 Å². The van der Waals surface area contributed by atoms with Gasteiger partial charge >= 0.3 is 0 Å². The lowest BCUT2D eigenvalue weighted by Crippen LogP contribution is -2.30. The summed E-state index contributed by atoms with van der Waals surface area (Å²) < 4.78 is 19.0. The maximum atomic E-state index is 6.06.